The summed E-state index contributed by atoms with van der Waals surface area (Å²) in [6.45, 7) is 8.25. The summed E-state index contributed by atoms with van der Waals surface area (Å²) in [6.07, 6.45) is 0.943. The van der Waals surface area contributed by atoms with Crippen molar-refractivity contribution in [3.63, 3.8) is 0 Å². The van der Waals surface area contributed by atoms with Crippen LogP contribution < -0.4 is 10.6 Å². The summed E-state index contributed by atoms with van der Waals surface area (Å²) in [5.74, 6) is 1.77. The van der Waals surface area contributed by atoms with Crippen LogP contribution in [0.1, 0.15) is 44.8 Å². The Morgan fingerprint density at radius 1 is 1.41 bits per heavy atom. The van der Waals surface area contributed by atoms with E-state index in [-0.39, 0.29) is 18.0 Å². The molecule has 0 bridgehead atoms. The lowest BCUT2D eigenvalue weighted by atomic mass is 10.2. The molecule has 0 fully saturated rings. The maximum absolute atomic E-state index is 11.5. The lowest BCUT2D eigenvalue weighted by Gasteiger charge is -2.14. The predicted octanol–water partition coefficient (Wildman–Crippen LogP) is 2.15. The molecule has 0 saturated carbocycles. The van der Waals surface area contributed by atoms with E-state index in [4.69, 9.17) is 4.42 Å². The van der Waals surface area contributed by atoms with Crippen LogP contribution in [0.4, 0.5) is 0 Å². The van der Waals surface area contributed by atoms with Crippen molar-refractivity contribution in [3.05, 3.63) is 23.7 Å². The van der Waals surface area contributed by atoms with Crippen LogP contribution in [0.15, 0.2) is 16.5 Å². The van der Waals surface area contributed by atoms with E-state index in [1.54, 1.807) is 0 Å². The summed E-state index contributed by atoms with van der Waals surface area (Å²) in [5, 5.41) is 6.05. The Hall–Kier alpha value is -1.29. The van der Waals surface area contributed by atoms with Crippen molar-refractivity contribution in [1.29, 1.82) is 0 Å². The Morgan fingerprint density at radius 2 is 2.12 bits per heavy atom. The number of carbonyl (C=O) groups is 1. The van der Waals surface area contributed by atoms with Crippen molar-refractivity contribution in [2.45, 2.75) is 46.2 Å². The fourth-order valence-corrected chi connectivity index (χ4v) is 1.46. The van der Waals surface area contributed by atoms with Gasteiger partial charge in [-0.3, -0.25) is 10.1 Å². The molecule has 4 nitrogen and oxygen atoms in total. The maximum Gasteiger partial charge on any atom is 0.234 e. The molecule has 0 aliphatic heterocycles. The van der Waals surface area contributed by atoms with E-state index in [9.17, 15) is 4.79 Å². The quantitative estimate of drug-likeness (QED) is 0.798. The third kappa shape index (κ3) is 4.61. The molecule has 1 heterocycles. The van der Waals surface area contributed by atoms with E-state index in [1.807, 2.05) is 39.8 Å². The molecule has 1 amide bonds. The Bertz CT molecular complexity index is 360. The SMILES string of the molecule is CCC(C)NC(=O)CNC(C)c1ccc(C)o1. The molecule has 1 aromatic rings. The van der Waals surface area contributed by atoms with Crippen molar-refractivity contribution in [2.24, 2.45) is 0 Å². The summed E-state index contributed by atoms with van der Waals surface area (Å²) in [7, 11) is 0. The maximum atomic E-state index is 11.5. The van der Waals surface area contributed by atoms with Crippen LogP contribution in [-0.4, -0.2) is 18.5 Å². The number of hydrogen-bond acceptors (Lipinski definition) is 3. The molecule has 1 rings (SSSR count). The zero-order valence-corrected chi connectivity index (χ0v) is 11.0. The largest absolute Gasteiger partial charge is 0.465 e. The second-order valence-corrected chi connectivity index (χ2v) is 4.43. The van der Waals surface area contributed by atoms with Crippen LogP contribution in [0.2, 0.25) is 0 Å². The van der Waals surface area contributed by atoms with Gasteiger partial charge in [-0.1, -0.05) is 6.92 Å². The normalized spacial score (nSPS) is 14.4. The molecule has 1 aromatic heterocycles. The number of furan rings is 1. The van der Waals surface area contributed by atoms with Crippen LogP contribution in [-0.2, 0) is 4.79 Å². The Morgan fingerprint density at radius 3 is 2.65 bits per heavy atom. The average Bonchev–Trinajstić information content (AvgIpc) is 2.72. The van der Waals surface area contributed by atoms with Gasteiger partial charge >= 0.3 is 0 Å². The van der Waals surface area contributed by atoms with Crippen molar-refractivity contribution >= 4 is 5.91 Å². The van der Waals surface area contributed by atoms with Gasteiger partial charge in [0.2, 0.25) is 5.91 Å². The second-order valence-electron chi connectivity index (χ2n) is 4.43. The molecule has 0 aliphatic rings. The van der Waals surface area contributed by atoms with Crippen LogP contribution >= 0.6 is 0 Å². The van der Waals surface area contributed by atoms with Gasteiger partial charge in [0, 0.05) is 6.04 Å². The standard InChI is InChI=1S/C13H22N2O2/c1-5-9(2)15-13(16)8-14-11(4)12-7-6-10(3)17-12/h6-7,9,11,14H,5,8H2,1-4H3,(H,15,16). The number of rotatable bonds is 6. The number of amides is 1. The topological polar surface area (TPSA) is 54.3 Å². The Kier molecular flexibility index (Phi) is 5.22. The highest BCUT2D eigenvalue weighted by atomic mass is 16.3. The van der Waals surface area contributed by atoms with Crippen LogP contribution in [0.3, 0.4) is 0 Å². The van der Waals surface area contributed by atoms with Crippen LogP contribution in [0.5, 0.6) is 0 Å². The monoisotopic (exact) mass is 238 g/mol. The number of nitrogens with one attached hydrogen (secondary N) is 2. The molecule has 0 aliphatic carbocycles. The molecule has 17 heavy (non-hydrogen) atoms. The molecule has 96 valence electrons. The van der Waals surface area contributed by atoms with Crippen molar-refractivity contribution in [3.8, 4) is 0 Å². The second kappa shape index (κ2) is 6.45. The van der Waals surface area contributed by atoms with Gasteiger partial charge in [-0.25, -0.2) is 0 Å². The first-order chi connectivity index (χ1) is 8.02. The molecule has 0 aromatic carbocycles. The van der Waals surface area contributed by atoms with E-state index in [1.165, 1.54) is 0 Å². The number of hydrogen-bond donors (Lipinski definition) is 2. The first-order valence-electron chi connectivity index (χ1n) is 6.12. The summed E-state index contributed by atoms with van der Waals surface area (Å²) < 4.78 is 5.49. The third-order valence-corrected chi connectivity index (χ3v) is 2.78. The fraction of sp³-hybridized carbons (Fsp3) is 0.615. The molecule has 2 unspecified atom stereocenters. The van der Waals surface area contributed by atoms with Crippen LogP contribution in [0, 0.1) is 6.92 Å². The molecule has 0 radical (unpaired) electrons. The van der Waals surface area contributed by atoms with E-state index < -0.39 is 0 Å². The third-order valence-electron chi connectivity index (χ3n) is 2.78. The van der Waals surface area contributed by atoms with Gasteiger partial charge in [0.25, 0.3) is 0 Å². The smallest absolute Gasteiger partial charge is 0.234 e. The highest BCUT2D eigenvalue weighted by Gasteiger charge is 2.11. The van der Waals surface area contributed by atoms with Gasteiger partial charge in [-0.15, -0.1) is 0 Å². The van der Waals surface area contributed by atoms with E-state index in [0.29, 0.717) is 6.54 Å². The van der Waals surface area contributed by atoms with Crippen LogP contribution in [0.25, 0.3) is 0 Å². The minimum Gasteiger partial charge on any atom is -0.465 e. The van der Waals surface area contributed by atoms with Crippen molar-refractivity contribution in [2.75, 3.05) is 6.54 Å². The molecular formula is C13H22N2O2. The minimum atomic E-state index is 0.0227. The summed E-state index contributed by atoms with van der Waals surface area (Å²) in [4.78, 5) is 11.5. The molecule has 2 atom stereocenters. The Labute approximate surface area is 103 Å². The van der Waals surface area contributed by atoms with Crippen molar-refractivity contribution < 1.29 is 9.21 Å². The number of aryl methyl sites for hydroxylation is 1. The van der Waals surface area contributed by atoms with E-state index >= 15 is 0 Å². The first kappa shape index (κ1) is 13.8. The average molecular weight is 238 g/mol. The highest BCUT2D eigenvalue weighted by Crippen LogP contribution is 2.14. The molecular weight excluding hydrogens is 216 g/mol. The van der Waals surface area contributed by atoms with Gasteiger partial charge in [0.1, 0.15) is 11.5 Å². The molecule has 4 heteroatoms. The summed E-state index contributed by atoms with van der Waals surface area (Å²) in [6, 6.07) is 4.13. The zero-order valence-electron chi connectivity index (χ0n) is 11.0. The van der Waals surface area contributed by atoms with Gasteiger partial charge in [0.05, 0.1) is 12.6 Å². The lowest BCUT2D eigenvalue weighted by Crippen LogP contribution is -2.39. The predicted molar refractivity (Wildman–Crippen MR) is 67.8 cm³/mol. The fourth-order valence-electron chi connectivity index (χ4n) is 1.46. The minimum absolute atomic E-state index is 0.0227. The molecule has 0 saturated heterocycles. The van der Waals surface area contributed by atoms with Crippen molar-refractivity contribution in [1.82, 2.24) is 10.6 Å². The zero-order chi connectivity index (χ0) is 12.8. The van der Waals surface area contributed by atoms with Gasteiger partial charge in [0.15, 0.2) is 0 Å². The van der Waals surface area contributed by atoms with Gasteiger partial charge in [-0.2, -0.15) is 0 Å². The van der Waals surface area contributed by atoms with E-state index in [2.05, 4.69) is 10.6 Å². The number of carbonyl (C=O) groups excluding carboxylic acids is 1. The summed E-state index contributed by atoms with van der Waals surface area (Å²) >= 11 is 0. The summed E-state index contributed by atoms with van der Waals surface area (Å²) in [5.41, 5.74) is 0. The van der Waals surface area contributed by atoms with Gasteiger partial charge < -0.3 is 9.73 Å². The highest BCUT2D eigenvalue weighted by molar-refractivity contribution is 5.78. The van der Waals surface area contributed by atoms with Gasteiger partial charge in [-0.05, 0) is 39.3 Å². The molecule has 0 spiro atoms. The lowest BCUT2D eigenvalue weighted by molar-refractivity contribution is -0.121. The Balaban J connectivity index is 2.33. The van der Waals surface area contributed by atoms with E-state index in [0.717, 1.165) is 17.9 Å². The molecule has 2 N–H and O–H groups in total. The first-order valence-corrected chi connectivity index (χ1v) is 6.12.